The molecule has 1 fully saturated rings. The van der Waals surface area contributed by atoms with Crippen molar-refractivity contribution in [2.75, 3.05) is 19.0 Å². The number of thioether (sulfide) groups is 1. The molecule has 2 aromatic carbocycles. The SMILES string of the molecule is CCOC(=O)c1ccc(NC(=O)C2CC(=O)N(C)C(=Nc3cccc(F)c3)S2)cc1. The van der Waals surface area contributed by atoms with Crippen LogP contribution in [0.4, 0.5) is 15.8 Å². The molecule has 30 heavy (non-hydrogen) atoms. The van der Waals surface area contributed by atoms with Crippen LogP contribution in [0.3, 0.4) is 0 Å². The summed E-state index contributed by atoms with van der Waals surface area (Å²) in [5.74, 6) is -1.50. The van der Waals surface area contributed by atoms with Gasteiger partial charge in [-0.05, 0) is 49.4 Å². The van der Waals surface area contributed by atoms with Crippen molar-refractivity contribution in [2.45, 2.75) is 18.6 Å². The van der Waals surface area contributed by atoms with Crippen molar-refractivity contribution in [1.29, 1.82) is 0 Å². The third kappa shape index (κ3) is 5.24. The van der Waals surface area contributed by atoms with Gasteiger partial charge in [-0.15, -0.1) is 0 Å². The highest BCUT2D eigenvalue weighted by atomic mass is 32.2. The monoisotopic (exact) mass is 429 g/mol. The van der Waals surface area contributed by atoms with Gasteiger partial charge in [-0.1, -0.05) is 17.8 Å². The molecule has 1 heterocycles. The number of ether oxygens (including phenoxy) is 1. The lowest BCUT2D eigenvalue weighted by Crippen LogP contribution is -2.43. The van der Waals surface area contributed by atoms with Gasteiger partial charge in [-0.2, -0.15) is 0 Å². The number of carbonyl (C=O) groups is 3. The van der Waals surface area contributed by atoms with E-state index in [1.165, 1.54) is 23.1 Å². The molecule has 2 aromatic rings. The molecule has 0 saturated carbocycles. The van der Waals surface area contributed by atoms with Gasteiger partial charge in [0.25, 0.3) is 0 Å². The third-order valence-electron chi connectivity index (χ3n) is 4.26. The first-order chi connectivity index (χ1) is 14.4. The van der Waals surface area contributed by atoms with Crippen LogP contribution < -0.4 is 5.32 Å². The molecule has 9 heteroatoms. The maximum Gasteiger partial charge on any atom is 0.338 e. The molecule has 2 amide bonds. The fourth-order valence-electron chi connectivity index (χ4n) is 2.68. The molecule has 156 valence electrons. The van der Waals surface area contributed by atoms with Gasteiger partial charge in [-0.25, -0.2) is 14.2 Å². The van der Waals surface area contributed by atoms with E-state index in [4.69, 9.17) is 4.74 Å². The minimum atomic E-state index is -0.689. The summed E-state index contributed by atoms with van der Waals surface area (Å²) in [7, 11) is 1.57. The Morgan fingerprint density at radius 1 is 1.27 bits per heavy atom. The van der Waals surface area contributed by atoms with Crippen LogP contribution in [0.1, 0.15) is 23.7 Å². The number of halogens is 1. The summed E-state index contributed by atoms with van der Waals surface area (Å²) in [4.78, 5) is 42.4. The average molecular weight is 429 g/mol. The molecule has 1 aliphatic rings. The number of nitrogens with one attached hydrogen (secondary N) is 1. The van der Waals surface area contributed by atoms with Crippen LogP contribution in [0, 0.1) is 5.82 Å². The lowest BCUT2D eigenvalue weighted by molar-refractivity contribution is -0.128. The van der Waals surface area contributed by atoms with Crippen LogP contribution >= 0.6 is 11.8 Å². The molecule has 1 unspecified atom stereocenters. The molecule has 1 saturated heterocycles. The van der Waals surface area contributed by atoms with Gasteiger partial charge < -0.3 is 10.1 Å². The Morgan fingerprint density at radius 2 is 2.00 bits per heavy atom. The summed E-state index contributed by atoms with van der Waals surface area (Å²) < 4.78 is 18.3. The van der Waals surface area contributed by atoms with Gasteiger partial charge in [0.15, 0.2) is 5.17 Å². The first-order valence-electron chi connectivity index (χ1n) is 9.23. The fourth-order valence-corrected chi connectivity index (χ4v) is 3.75. The number of esters is 1. The van der Waals surface area contributed by atoms with Gasteiger partial charge in [0.1, 0.15) is 11.1 Å². The van der Waals surface area contributed by atoms with Gasteiger partial charge in [-0.3, -0.25) is 14.5 Å². The zero-order valence-corrected chi connectivity index (χ0v) is 17.2. The van der Waals surface area contributed by atoms with Crippen molar-refractivity contribution in [3.8, 4) is 0 Å². The molecule has 1 aliphatic heterocycles. The lowest BCUT2D eigenvalue weighted by Gasteiger charge is -2.28. The number of hydrogen-bond acceptors (Lipinski definition) is 6. The van der Waals surface area contributed by atoms with E-state index >= 15 is 0 Å². The fraction of sp³-hybridized carbons (Fsp3) is 0.238. The van der Waals surface area contributed by atoms with E-state index in [-0.39, 0.29) is 24.8 Å². The van der Waals surface area contributed by atoms with Crippen molar-refractivity contribution < 1.29 is 23.5 Å². The average Bonchev–Trinajstić information content (AvgIpc) is 2.72. The molecule has 0 spiro atoms. The van der Waals surface area contributed by atoms with Crippen LogP contribution in [0.15, 0.2) is 53.5 Å². The first-order valence-corrected chi connectivity index (χ1v) is 10.1. The van der Waals surface area contributed by atoms with Crippen molar-refractivity contribution in [3.05, 3.63) is 59.9 Å². The highest BCUT2D eigenvalue weighted by Gasteiger charge is 2.34. The van der Waals surface area contributed by atoms with Crippen LogP contribution in [-0.2, 0) is 14.3 Å². The smallest absolute Gasteiger partial charge is 0.338 e. The Morgan fingerprint density at radius 3 is 2.67 bits per heavy atom. The van der Waals surface area contributed by atoms with Gasteiger partial charge in [0.2, 0.25) is 11.8 Å². The summed E-state index contributed by atoms with van der Waals surface area (Å²) in [6.45, 7) is 2.00. The molecule has 0 radical (unpaired) electrons. The largest absolute Gasteiger partial charge is 0.462 e. The van der Waals surface area contributed by atoms with E-state index in [2.05, 4.69) is 10.3 Å². The predicted octanol–water partition coefficient (Wildman–Crippen LogP) is 3.59. The predicted molar refractivity (Wildman–Crippen MR) is 113 cm³/mol. The molecule has 1 N–H and O–H groups in total. The standard InChI is InChI=1S/C21H20FN3O4S/c1-3-29-20(28)13-7-9-15(10-8-13)23-19(27)17-12-18(26)25(2)21(30-17)24-16-6-4-5-14(22)11-16/h4-11,17H,3,12H2,1-2H3,(H,23,27). The maximum atomic E-state index is 13.4. The second-order valence-corrected chi connectivity index (χ2v) is 7.59. The van der Waals surface area contributed by atoms with Gasteiger partial charge in [0.05, 0.1) is 17.9 Å². The molecule has 0 bridgehead atoms. The normalized spacial score (nSPS) is 17.7. The van der Waals surface area contributed by atoms with Crippen molar-refractivity contribution in [1.82, 2.24) is 4.90 Å². The van der Waals surface area contributed by atoms with E-state index < -0.39 is 17.0 Å². The Bertz CT molecular complexity index is 994. The van der Waals surface area contributed by atoms with E-state index in [1.54, 1.807) is 44.3 Å². The van der Waals surface area contributed by atoms with Crippen LogP contribution in [0.5, 0.6) is 0 Å². The summed E-state index contributed by atoms with van der Waals surface area (Å²) in [6.07, 6.45) is 0.0100. The molecule has 0 aliphatic carbocycles. The van der Waals surface area contributed by atoms with E-state index in [0.29, 0.717) is 22.1 Å². The summed E-state index contributed by atoms with van der Waals surface area (Å²) in [5.41, 5.74) is 1.22. The Balaban J connectivity index is 1.71. The number of benzene rings is 2. The number of carbonyl (C=O) groups excluding carboxylic acids is 3. The quantitative estimate of drug-likeness (QED) is 0.734. The minimum Gasteiger partial charge on any atom is -0.462 e. The number of amidine groups is 1. The van der Waals surface area contributed by atoms with E-state index in [1.807, 2.05) is 0 Å². The van der Waals surface area contributed by atoms with E-state index in [0.717, 1.165) is 11.8 Å². The highest BCUT2D eigenvalue weighted by molar-refractivity contribution is 8.15. The van der Waals surface area contributed by atoms with Crippen molar-refractivity contribution in [2.24, 2.45) is 4.99 Å². The molecule has 0 aromatic heterocycles. The number of aliphatic imine (C=N–C) groups is 1. The zero-order chi connectivity index (χ0) is 21.7. The number of nitrogens with zero attached hydrogens (tertiary/aromatic N) is 2. The second-order valence-electron chi connectivity index (χ2n) is 6.42. The summed E-state index contributed by atoms with van der Waals surface area (Å²) in [6, 6.07) is 12.0. The number of hydrogen-bond donors (Lipinski definition) is 1. The topological polar surface area (TPSA) is 88.1 Å². The number of amides is 2. The molecular weight excluding hydrogens is 409 g/mol. The Hall–Kier alpha value is -3.20. The summed E-state index contributed by atoms with van der Waals surface area (Å²) in [5, 5.41) is 2.37. The van der Waals surface area contributed by atoms with Crippen molar-refractivity contribution in [3.63, 3.8) is 0 Å². The molecular formula is C21H20FN3O4S. The molecule has 3 rings (SSSR count). The van der Waals surface area contributed by atoms with Crippen LogP contribution in [0.25, 0.3) is 0 Å². The Labute approximate surface area is 177 Å². The zero-order valence-electron chi connectivity index (χ0n) is 16.4. The highest BCUT2D eigenvalue weighted by Crippen LogP contribution is 2.29. The minimum absolute atomic E-state index is 0.0100. The second kappa shape index (κ2) is 9.53. The first kappa shape index (κ1) is 21.5. The lowest BCUT2D eigenvalue weighted by atomic mass is 10.2. The molecule has 7 nitrogen and oxygen atoms in total. The maximum absolute atomic E-state index is 13.4. The van der Waals surface area contributed by atoms with Gasteiger partial charge in [0, 0.05) is 19.2 Å². The van der Waals surface area contributed by atoms with Crippen molar-refractivity contribution >= 4 is 46.1 Å². The van der Waals surface area contributed by atoms with Crippen LogP contribution in [0.2, 0.25) is 0 Å². The van der Waals surface area contributed by atoms with E-state index in [9.17, 15) is 18.8 Å². The number of rotatable bonds is 5. The molecule has 1 atom stereocenters. The van der Waals surface area contributed by atoms with Crippen LogP contribution in [-0.4, -0.2) is 46.8 Å². The number of anilines is 1. The van der Waals surface area contributed by atoms with Gasteiger partial charge >= 0.3 is 5.97 Å². The summed E-state index contributed by atoms with van der Waals surface area (Å²) >= 11 is 1.13. The third-order valence-corrected chi connectivity index (χ3v) is 5.50. The Kier molecular flexibility index (Phi) is 6.83.